The average molecular weight is 705 g/mol. The highest BCUT2D eigenvalue weighted by Gasteiger charge is 2.34. The van der Waals surface area contributed by atoms with Crippen LogP contribution in [0.4, 0.5) is 10.5 Å². The number of methoxy groups -OCH3 is 1. The van der Waals surface area contributed by atoms with E-state index in [0.717, 1.165) is 53.8 Å². The van der Waals surface area contributed by atoms with Crippen molar-refractivity contribution in [2.24, 2.45) is 11.8 Å². The van der Waals surface area contributed by atoms with Crippen LogP contribution in [0.2, 0.25) is 0 Å². The maximum Gasteiger partial charge on any atom is 0.407 e. The fourth-order valence-corrected chi connectivity index (χ4v) is 8.33. The van der Waals surface area contributed by atoms with E-state index in [1.165, 1.54) is 24.7 Å². The Morgan fingerprint density at radius 2 is 1.72 bits per heavy atom. The molecule has 0 radical (unpaired) electrons. The van der Waals surface area contributed by atoms with Gasteiger partial charge in [0.1, 0.15) is 21.7 Å². The zero-order valence-electron chi connectivity index (χ0n) is 29.7. The third kappa shape index (κ3) is 9.47. The van der Waals surface area contributed by atoms with E-state index in [9.17, 15) is 18.0 Å². The molecule has 1 N–H and O–H groups in total. The van der Waals surface area contributed by atoms with Crippen LogP contribution in [0.25, 0.3) is 11.1 Å². The summed E-state index contributed by atoms with van der Waals surface area (Å²) >= 11 is 0. The number of nitrogens with zero attached hydrogens (tertiary/aromatic N) is 3. The van der Waals surface area contributed by atoms with Gasteiger partial charge in [0.05, 0.1) is 25.1 Å². The molecule has 3 aromatic rings. The lowest BCUT2D eigenvalue weighted by Gasteiger charge is -2.36. The number of alkyl carbamates (subject to hydrolysis) is 1. The Bertz CT molecular complexity index is 1740. The number of hydrogen-bond acceptors (Lipinski definition) is 7. The summed E-state index contributed by atoms with van der Waals surface area (Å²) in [6, 6.07) is 15.4. The van der Waals surface area contributed by atoms with Crippen LogP contribution in [0.5, 0.6) is 5.75 Å². The predicted molar refractivity (Wildman–Crippen MR) is 195 cm³/mol. The van der Waals surface area contributed by atoms with E-state index in [2.05, 4.69) is 64.6 Å². The molecule has 6 rings (SSSR count). The van der Waals surface area contributed by atoms with Gasteiger partial charge in [0, 0.05) is 42.7 Å². The zero-order valence-corrected chi connectivity index (χ0v) is 30.5. The van der Waals surface area contributed by atoms with E-state index >= 15 is 0 Å². The second-order valence-corrected chi connectivity index (χ2v) is 16.9. The Morgan fingerprint density at radius 3 is 2.40 bits per heavy atom. The zero-order chi connectivity index (χ0) is 35.3. The minimum Gasteiger partial charge on any atom is -0.496 e. The van der Waals surface area contributed by atoms with Crippen molar-refractivity contribution < 1.29 is 27.5 Å². The van der Waals surface area contributed by atoms with Crippen LogP contribution in [0, 0.1) is 18.8 Å². The third-order valence-electron chi connectivity index (χ3n) is 10.7. The molecular weight excluding hydrogens is 653 g/mol. The van der Waals surface area contributed by atoms with Crippen molar-refractivity contribution in [3.05, 3.63) is 66.0 Å². The molecule has 1 aromatic heterocycles. The minimum atomic E-state index is -3.07. The van der Waals surface area contributed by atoms with Crippen LogP contribution in [-0.2, 0) is 19.4 Å². The topological polar surface area (TPSA) is 120 Å². The lowest BCUT2D eigenvalue weighted by molar-refractivity contribution is -0.124. The second-order valence-electron chi connectivity index (χ2n) is 14.7. The Balaban J connectivity index is 1.10. The number of sulfone groups is 1. The first-order valence-electron chi connectivity index (χ1n) is 18.3. The summed E-state index contributed by atoms with van der Waals surface area (Å²) in [5.74, 6) is 1.86. The molecule has 270 valence electrons. The number of nitrogens with one attached hydrogen (secondary N) is 1. The molecule has 10 nitrogen and oxygen atoms in total. The number of amides is 2. The van der Waals surface area contributed by atoms with Crippen LogP contribution in [0.1, 0.15) is 93.7 Å². The second kappa shape index (κ2) is 16.0. The van der Waals surface area contributed by atoms with Crippen molar-refractivity contribution in [3.63, 3.8) is 0 Å². The lowest BCUT2D eigenvalue weighted by Crippen LogP contribution is -2.42. The van der Waals surface area contributed by atoms with Crippen molar-refractivity contribution in [2.45, 2.75) is 95.6 Å². The Hall–Kier alpha value is -3.86. The van der Waals surface area contributed by atoms with Gasteiger partial charge < -0.3 is 19.7 Å². The summed E-state index contributed by atoms with van der Waals surface area (Å²) < 4.78 is 35.9. The first-order chi connectivity index (χ1) is 24.1. The van der Waals surface area contributed by atoms with Crippen LogP contribution in [-0.4, -0.2) is 68.5 Å². The molecule has 11 heteroatoms. The molecule has 3 aliphatic carbocycles. The summed E-state index contributed by atoms with van der Waals surface area (Å²) in [5, 5.41) is 7.26. The Kier molecular flexibility index (Phi) is 11.5. The van der Waals surface area contributed by atoms with E-state index in [-0.39, 0.29) is 30.2 Å². The number of aryl methyl sites for hydroxylation is 1. The van der Waals surface area contributed by atoms with E-state index in [0.29, 0.717) is 56.5 Å². The highest BCUT2D eigenvalue weighted by molar-refractivity contribution is 7.90. The summed E-state index contributed by atoms with van der Waals surface area (Å²) in [4.78, 5) is 28.8. The number of carbonyl (C=O) groups is 2. The number of carbonyl (C=O) groups excluding carboxylic acids is 2. The van der Waals surface area contributed by atoms with E-state index in [4.69, 9.17) is 9.47 Å². The third-order valence-corrected chi connectivity index (χ3v) is 11.7. The maximum absolute atomic E-state index is 14.4. The van der Waals surface area contributed by atoms with E-state index < -0.39 is 15.9 Å². The number of benzene rings is 2. The van der Waals surface area contributed by atoms with Crippen LogP contribution in [0.3, 0.4) is 0 Å². The lowest BCUT2D eigenvalue weighted by atomic mass is 9.78. The Morgan fingerprint density at radius 1 is 0.960 bits per heavy atom. The average Bonchev–Trinajstić information content (AvgIpc) is 3.84. The van der Waals surface area contributed by atoms with Gasteiger partial charge in [-0.05, 0) is 124 Å². The molecule has 1 heterocycles. The molecule has 2 aromatic carbocycles. The number of ether oxygens (including phenoxy) is 2. The molecule has 0 bridgehead atoms. The summed E-state index contributed by atoms with van der Waals surface area (Å²) in [6.45, 7) is 3.03. The molecule has 3 fully saturated rings. The van der Waals surface area contributed by atoms with E-state index in [1.54, 1.807) is 7.11 Å². The van der Waals surface area contributed by atoms with Gasteiger partial charge in [-0.2, -0.15) is 5.10 Å². The largest absolute Gasteiger partial charge is 0.496 e. The summed E-state index contributed by atoms with van der Waals surface area (Å²) in [5.41, 5.74) is 5.58. The molecule has 0 aliphatic heterocycles. The highest BCUT2D eigenvalue weighted by Crippen LogP contribution is 2.40. The molecule has 0 atom stereocenters. The van der Waals surface area contributed by atoms with E-state index in [1.807, 2.05) is 17.2 Å². The van der Waals surface area contributed by atoms with Gasteiger partial charge in [-0.1, -0.05) is 24.3 Å². The van der Waals surface area contributed by atoms with Crippen molar-refractivity contribution >= 4 is 27.5 Å². The number of hydrogen-bond donors (Lipinski definition) is 1. The van der Waals surface area contributed by atoms with Gasteiger partial charge in [0.15, 0.2) is 0 Å². The van der Waals surface area contributed by atoms with Gasteiger partial charge in [0.25, 0.3) is 0 Å². The maximum atomic E-state index is 14.4. The van der Waals surface area contributed by atoms with Crippen molar-refractivity contribution in [1.29, 1.82) is 0 Å². The summed E-state index contributed by atoms with van der Waals surface area (Å²) in [7, 11) is -1.36. The molecule has 0 unspecified atom stereocenters. The molecule has 0 spiro atoms. The highest BCUT2D eigenvalue weighted by atomic mass is 32.2. The summed E-state index contributed by atoms with van der Waals surface area (Å²) in [6.07, 6.45) is 14.0. The fraction of sp³-hybridized carbons (Fsp3) is 0.564. The first-order valence-corrected chi connectivity index (χ1v) is 20.3. The van der Waals surface area contributed by atoms with Crippen molar-refractivity contribution in [2.75, 3.05) is 37.1 Å². The van der Waals surface area contributed by atoms with Gasteiger partial charge in [-0.15, -0.1) is 0 Å². The van der Waals surface area contributed by atoms with Crippen LogP contribution in [0.15, 0.2) is 54.9 Å². The number of aromatic nitrogens is 2. The fourth-order valence-electron chi connectivity index (χ4n) is 7.66. The predicted octanol–water partition coefficient (Wildman–Crippen LogP) is 7.23. The van der Waals surface area contributed by atoms with Gasteiger partial charge in [0.2, 0.25) is 5.91 Å². The van der Waals surface area contributed by atoms with Crippen LogP contribution >= 0.6 is 0 Å². The van der Waals surface area contributed by atoms with Gasteiger partial charge >= 0.3 is 6.09 Å². The minimum absolute atomic E-state index is 0.0216. The van der Waals surface area contributed by atoms with Crippen molar-refractivity contribution in [1.82, 2.24) is 15.1 Å². The molecule has 50 heavy (non-hydrogen) atoms. The standard InChI is InChI=1S/C39H52N4O6S/c1-27-22-32(14-19-37(27)48-2)29-10-8-28(9-11-29)25-42(35-7-4-6-31(23-35)33-24-41-43(26-33)34-15-16-34)38(44)30-12-17-36(18-13-30)49-39(45)40-20-5-21-50(3,46)47/h4,6-7,14,19,22-24,26,28-30,34,36H,5,8-13,15-18,20-21,25H2,1-3H3,(H,40,45). The van der Waals surface area contributed by atoms with Crippen molar-refractivity contribution in [3.8, 4) is 16.9 Å². The molecule has 3 saturated carbocycles. The quantitative estimate of drug-likeness (QED) is 0.187. The SMILES string of the molecule is COc1ccc(C2CCC(CN(C(=O)C3CCC(OC(=O)NCCCS(C)(=O)=O)CC3)c3cccc(-c4cnn(C5CC5)c4)c3)CC2)cc1C. The molecule has 0 saturated heterocycles. The normalized spacial score (nSPS) is 22.5. The Labute approximate surface area is 296 Å². The molecule has 2 amide bonds. The van der Waals surface area contributed by atoms with Gasteiger partial charge in [-0.25, -0.2) is 13.2 Å². The van der Waals surface area contributed by atoms with Gasteiger partial charge in [-0.3, -0.25) is 9.48 Å². The van der Waals surface area contributed by atoms with Crippen LogP contribution < -0.4 is 15.0 Å². The number of rotatable bonds is 13. The number of anilines is 1. The molecular formula is C39H52N4O6S. The monoisotopic (exact) mass is 704 g/mol. The molecule has 3 aliphatic rings. The first kappa shape index (κ1) is 35.9. The smallest absolute Gasteiger partial charge is 0.407 e.